The first-order valence-corrected chi connectivity index (χ1v) is 12.9. The van der Waals surface area contributed by atoms with Crippen LogP contribution in [-0.4, -0.2) is 66.2 Å². The summed E-state index contributed by atoms with van der Waals surface area (Å²) >= 11 is 0. The molecule has 0 aliphatic carbocycles. The van der Waals surface area contributed by atoms with Gasteiger partial charge in [-0.3, -0.25) is 14.4 Å². The van der Waals surface area contributed by atoms with Crippen LogP contribution in [0.1, 0.15) is 30.4 Å². The first kappa shape index (κ1) is 26.3. The molecule has 8 nitrogen and oxygen atoms in total. The third-order valence-electron chi connectivity index (χ3n) is 6.81. The van der Waals surface area contributed by atoms with Crippen LogP contribution in [0.5, 0.6) is 0 Å². The van der Waals surface area contributed by atoms with Gasteiger partial charge in [0.25, 0.3) is 0 Å². The average Bonchev–Trinajstić information content (AvgIpc) is 3.61. The van der Waals surface area contributed by atoms with Gasteiger partial charge in [0.15, 0.2) is 0 Å². The highest BCUT2D eigenvalue weighted by molar-refractivity contribution is 5.91. The summed E-state index contributed by atoms with van der Waals surface area (Å²) in [5.74, 6) is -0.747. The summed E-state index contributed by atoms with van der Waals surface area (Å²) in [6, 6.07) is 17.0. The van der Waals surface area contributed by atoms with E-state index >= 15 is 0 Å². The van der Waals surface area contributed by atoms with Crippen molar-refractivity contribution in [1.82, 2.24) is 20.9 Å². The van der Waals surface area contributed by atoms with Gasteiger partial charge in [0.2, 0.25) is 17.7 Å². The van der Waals surface area contributed by atoms with Gasteiger partial charge in [-0.1, -0.05) is 72.8 Å². The molecule has 2 aromatic carbocycles. The predicted octanol–water partition coefficient (Wildman–Crippen LogP) is 1.55. The van der Waals surface area contributed by atoms with Crippen molar-refractivity contribution in [2.45, 2.75) is 56.3 Å². The van der Waals surface area contributed by atoms with Crippen molar-refractivity contribution in [3.8, 4) is 0 Å². The van der Waals surface area contributed by atoms with Crippen molar-refractivity contribution < 1.29 is 19.2 Å². The Kier molecular flexibility index (Phi) is 9.21. The second-order valence-electron chi connectivity index (χ2n) is 9.60. The highest BCUT2D eigenvalue weighted by atomic mass is 16.2. The minimum absolute atomic E-state index is 0.0291. The first-order valence-electron chi connectivity index (χ1n) is 12.9. The zero-order valence-corrected chi connectivity index (χ0v) is 20.8. The van der Waals surface area contributed by atoms with E-state index in [1.54, 1.807) is 12.2 Å². The summed E-state index contributed by atoms with van der Waals surface area (Å²) in [6.07, 6.45) is 6.73. The fraction of sp³-hybridized carbons (Fsp3) is 0.379. The molecule has 4 rings (SSSR count). The molecule has 37 heavy (non-hydrogen) atoms. The van der Waals surface area contributed by atoms with Crippen LogP contribution in [0.3, 0.4) is 0 Å². The van der Waals surface area contributed by atoms with Crippen molar-refractivity contribution in [3.05, 3.63) is 83.9 Å². The molecule has 1 saturated heterocycles. The Labute approximate surface area is 217 Å². The maximum atomic E-state index is 13.4. The molecule has 8 heteroatoms. The molecule has 1 fully saturated rings. The van der Waals surface area contributed by atoms with Crippen LogP contribution in [0.4, 0.5) is 0 Å². The maximum absolute atomic E-state index is 13.4. The molecule has 2 aliphatic heterocycles. The number of hydrogen-bond donors (Lipinski definition) is 3. The van der Waals surface area contributed by atoms with Gasteiger partial charge in [-0.05, 0) is 36.9 Å². The molecule has 0 radical (unpaired) electrons. The van der Waals surface area contributed by atoms with Crippen LogP contribution < -0.4 is 16.0 Å². The lowest BCUT2D eigenvalue weighted by atomic mass is 10.0. The highest BCUT2D eigenvalue weighted by Crippen LogP contribution is 2.14. The van der Waals surface area contributed by atoms with E-state index in [2.05, 4.69) is 16.0 Å². The Morgan fingerprint density at radius 2 is 1.65 bits per heavy atom. The number of carbonyl (C=O) groups is 4. The standard InChI is InChI=1S/C29H34N4O4/c34-20-24-13-8-16-33(24)29(37)26(18-22-11-5-2-6-12-22)32-27(35)19-23(17-21-9-3-1-4-10-21)31-28(36)25-14-7-15-30-25/h1-6,8-13,20,23-26,30H,7,14-19H2,(H,31,36)(H,32,35)/t23-,24-,25-,26-/m0/s1. The van der Waals surface area contributed by atoms with Gasteiger partial charge < -0.3 is 25.6 Å². The molecule has 2 aliphatic rings. The van der Waals surface area contributed by atoms with Crippen LogP contribution in [0.25, 0.3) is 0 Å². The Bertz CT molecular complexity index is 1100. The fourth-order valence-electron chi connectivity index (χ4n) is 4.91. The summed E-state index contributed by atoms with van der Waals surface area (Å²) in [5, 5.41) is 9.15. The quantitative estimate of drug-likeness (QED) is 0.319. The van der Waals surface area contributed by atoms with Gasteiger partial charge in [0.05, 0.1) is 6.04 Å². The Morgan fingerprint density at radius 1 is 0.973 bits per heavy atom. The molecule has 2 heterocycles. The summed E-state index contributed by atoms with van der Waals surface area (Å²) < 4.78 is 0. The van der Waals surface area contributed by atoms with Crippen LogP contribution in [0.2, 0.25) is 0 Å². The third kappa shape index (κ3) is 7.36. The van der Waals surface area contributed by atoms with Gasteiger partial charge in [-0.2, -0.15) is 0 Å². The van der Waals surface area contributed by atoms with E-state index in [1.165, 1.54) is 4.90 Å². The van der Waals surface area contributed by atoms with E-state index in [4.69, 9.17) is 0 Å². The number of hydrogen-bond acceptors (Lipinski definition) is 5. The van der Waals surface area contributed by atoms with Crippen molar-refractivity contribution in [2.75, 3.05) is 13.1 Å². The number of carbonyl (C=O) groups excluding carboxylic acids is 4. The van der Waals surface area contributed by atoms with E-state index in [0.29, 0.717) is 19.4 Å². The van der Waals surface area contributed by atoms with E-state index < -0.39 is 18.1 Å². The van der Waals surface area contributed by atoms with Crippen LogP contribution in [0.15, 0.2) is 72.8 Å². The number of aldehydes is 1. The predicted molar refractivity (Wildman–Crippen MR) is 141 cm³/mol. The van der Waals surface area contributed by atoms with E-state index in [0.717, 1.165) is 36.8 Å². The van der Waals surface area contributed by atoms with Crippen LogP contribution in [0, 0.1) is 0 Å². The number of nitrogens with zero attached hydrogens (tertiary/aromatic N) is 1. The lowest BCUT2D eigenvalue weighted by molar-refractivity contribution is -0.138. The molecule has 2 aromatic rings. The molecular formula is C29H34N4O4. The van der Waals surface area contributed by atoms with E-state index in [-0.39, 0.29) is 30.2 Å². The Hall–Kier alpha value is -3.78. The number of amides is 3. The summed E-state index contributed by atoms with van der Waals surface area (Å²) in [6.45, 7) is 1.13. The first-order chi connectivity index (χ1) is 18.0. The molecule has 194 valence electrons. The highest BCUT2D eigenvalue weighted by Gasteiger charge is 2.32. The van der Waals surface area contributed by atoms with E-state index in [9.17, 15) is 19.2 Å². The zero-order chi connectivity index (χ0) is 26.0. The molecule has 3 N–H and O–H groups in total. The Balaban J connectivity index is 1.47. The van der Waals surface area contributed by atoms with Crippen LogP contribution >= 0.6 is 0 Å². The third-order valence-corrected chi connectivity index (χ3v) is 6.81. The van der Waals surface area contributed by atoms with Gasteiger partial charge >= 0.3 is 0 Å². The maximum Gasteiger partial charge on any atom is 0.246 e. The average molecular weight is 503 g/mol. The largest absolute Gasteiger partial charge is 0.351 e. The van der Waals surface area contributed by atoms with Crippen molar-refractivity contribution in [1.29, 1.82) is 0 Å². The molecule has 3 amide bonds. The van der Waals surface area contributed by atoms with Gasteiger partial charge in [-0.25, -0.2) is 0 Å². The second-order valence-corrected chi connectivity index (χ2v) is 9.60. The minimum Gasteiger partial charge on any atom is -0.351 e. The molecule has 0 unspecified atom stereocenters. The summed E-state index contributed by atoms with van der Waals surface area (Å²) in [7, 11) is 0. The smallest absolute Gasteiger partial charge is 0.246 e. The fourth-order valence-corrected chi connectivity index (χ4v) is 4.91. The lowest BCUT2D eigenvalue weighted by Gasteiger charge is -2.28. The molecule has 0 bridgehead atoms. The van der Waals surface area contributed by atoms with Gasteiger partial charge in [-0.15, -0.1) is 0 Å². The molecule has 0 aromatic heterocycles. The molecule has 0 saturated carbocycles. The normalized spacial score (nSPS) is 20.3. The number of rotatable bonds is 11. The van der Waals surface area contributed by atoms with Crippen molar-refractivity contribution in [3.63, 3.8) is 0 Å². The SMILES string of the molecule is O=C[C@@H]1C=CCN1C(=O)[C@H](Cc1ccccc1)NC(=O)C[C@H](Cc1ccccc1)NC(=O)[C@@H]1CCCN1. The number of nitrogens with one attached hydrogen (secondary N) is 3. The van der Waals surface area contributed by atoms with Gasteiger partial charge in [0.1, 0.15) is 18.4 Å². The monoisotopic (exact) mass is 502 g/mol. The molecule has 4 atom stereocenters. The summed E-state index contributed by atoms with van der Waals surface area (Å²) in [4.78, 5) is 52.5. The van der Waals surface area contributed by atoms with Crippen LogP contribution in [-0.2, 0) is 32.0 Å². The lowest BCUT2D eigenvalue weighted by Crippen LogP contribution is -2.53. The minimum atomic E-state index is -0.832. The molecule has 0 spiro atoms. The van der Waals surface area contributed by atoms with Gasteiger partial charge in [0, 0.05) is 25.4 Å². The molecular weight excluding hydrogens is 468 g/mol. The van der Waals surface area contributed by atoms with Crippen molar-refractivity contribution in [2.24, 2.45) is 0 Å². The van der Waals surface area contributed by atoms with Crippen molar-refractivity contribution >= 4 is 24.0 Å². The summed E-state index contributed by atoms with van der Waals surface area (Å²) in [5.41, 5.74) is 1.91. The number of benzene rings is 2. The zero-order valence-electron chi connectivity index (χ0n) is 20.8. The van der Waals surface area contributed by atoms with E-state index in [1.807, 2.05) is 60.7 Å². The Morgan fingerprint density at radius 3 is 2.27 bits per heavy atom. The second kappa shape index (κ2) is 13.0. The topological polar surface area (TPSA) is 108 Å².